The Morgan fingerprint density at radius 1 is 0.792 bits per heavy atom. The zero-order chi connectivity index (χ0) is 18.0. The summed E-state index contributed by atoms with van der Waals surface area (Å²) in [5, 5.41) is 8.59. The molecule has 24 heavy (non-hydrogen) atoms. The molecule has 0 radical (unpaired) electrons. The molecule has 0 spiro atoms. The summed E-state index contributed by atoms with van der Waals surface area (Å²) in [4.78, 5) is 21.7. The maximum absolute atomic E-state index is 11.2. The van der Waals surface area contributed by atoms with Crippen LogP contribution in [0, 0.1) is 0 Å². The summed E-state index contributed by atoms with van der Waals surface area (Å²) in [5.74, 6) is -0.885. The minimum absolute atomic E-state index is 0.0668. The first-order valence-corrected chi connectivity index (χ1v) is 9.95. The largest absolute Gasteiger partial charge is 0.481 e. The number of ether oxygens (including phenoxy) is 1. The van der Waals surface area contributed by atoms with Gasteiger partial charge in [-0.15, -0.1) is 0 Å². The van der Waals surface area contributed by atoms with E-state index in [2.05, 4.69) is 6.92 Å². The van der Waals surface area contributed by atoms with Crippen LogP contribution in [-0.2, 0) is 14.3 Å². The Kier molecular flexibility index (Phi) is 16.0. The summed E-state index contributed by atoms with van der Waals surface area (Å²) in [7, 11) is 0. The molecule has 0 fully saturated rings. The highest BCUT2D eigenvalue weighted by atomic mass is 16.5. The monoisotopic (exact) mass is 342 g/mol. The van der Waals surface area contributed by atoms with Gasteiger partial charge < -0.3 is 9.84 Å². The number of carboxylic acids is 1. The van der Waals surface area contributed by atoms with Gasteiger partial charge in [-0.05, 0) is 32.1 Å². The van der Waals surface area contributed by atoms with Gasteiger partial charge in [0.2, 0.25) is 0 Å². The van der Waals surface area contributed by atoms with Crippen molar-refractivity contribution in [3.63, 3.8) is 0 Å². The van der Waals surface area contributed by atoms with Gasteiger partial charge in [-0.25, -0.2) is 0 Å². The fourth-order valence-electron chi connectivity index (χ4n) is 3.00. The summed E-state index contributed by atoms with van der Waals surface area (Å²) in [6.07, 6.45) is 16.2. The average molecular weight is 343 g/mol. The van der Waals surface area contributed by atoms with E-state index < -0.39 is 5.97 Å². The Hall–Kier alpha value is -1.06. The van der Waals surface area contributed by atoms with Gasteiger partial charge in [-0.3, -0.25) is 9.59 Å². The minimum Gasteiger partial charge on any atom is -0.481 e. The quantitative estimate of drug-likeness (QED) is 0.265. The number of hydrogen-bond acceptors (Lipinski definition) is 3. The number of rotatable bonds is 17. The molecule has 0 aliphatic carbocycles. The molecule has 0 aliphatic heterocycles. The van der Waals surface area contributed by atoms with E-state index in [4.69, 9.17) is 9.84 Å². The van der Waals surface area contributed by atoms with Crippen molar-refractivity contribution in [3.8, 4) is 0 Å². The van der Waals surface area contributed by atoms with E-state index in [0.29, 0.717) is 0 Å². The van der Waals surface area contributed by atoms with Crippen molar-refractivity contribution >= 4 is 11.9 Å². The first-order chi connectivity index (χ1) is 11.6. The maximum atomic E-state index is 11.2. The predicted molar refractivity (Wildman–Crippen MR) is 98.1 cm³/mol. The van der Waals surface area contributed by atoms with E-state index >= 15 is 0 Å². The van der Waals surface area contributed by atoms with Crippen LogP contribution in [0.2, 0.25) is 0 Å². The number of carboxylic acid groups (broad SMARTS) is 1. The fraction of sp³-hybridized carbons (Fsp3) is 0.900. The third kappa shape index (κ3) is 17.3. The SMILES string of the molecule is CCCCCCCCCC(CCCCCCCC(=O)O)OC(C)=O. The molecule has 0 saturated heterocycles. The van der Waals surface area contributed by atoms with Crippen molar-refractivity contribution < 1.29 is 19.4 Å². The van der Waals surface area contributed by atoms with Crippen molar-refractivity contribution in [3.05, 3.63) is 0 Å². The smallest absolute Gasteiger partial charge is 0.303 e. The lowest BCUT2D eigenvalue weighted by Crippen LogP contribution is -2.16. The molecule has 0 bridgehead atoms. The van der Waals surface area contributed by atoms with Gasteiger partial charge in [-0.1, -0.05) is 64.7 Å². The highest BCUT2D eigenvalue weighted by Gasteiger charge is 2.11. The summed E-state index contributed by atoms with van der Waals surface area (Å²) < 4.78 is 5.44. The molecule has 4 heteroatoms. The minimum atomic E-state index is -0.709. The molecule has 0 rings (SSSR count). The first kappa shape index (κ1) is 22.9. The number of carbonyl (C=O) groups is 2. The highest BCUT2D eigenvalue weighted by molar-refractivity contribution is 5.66. The molecule has 0 amide bonds. The van der Waals surface area contributed by atoms with Gasteiger partial charge in [0.25, 0.3) is 0 Å². The molecule has 0 heterocycles. The zero-order valence-corrected chi connectivity index (χ0v) is 15.9. The van der Waals surface area contributed by atoms with Crippen LogP contribution in [-0.4, -0.2) is 23.1 Å². The van der Waals surface area contributed by atoms with E-state index in [1.807, 2.05) is 0 Å². The molecule has 0 saturated carbocycles. The zero-order valence-electron chi connectivity index (χ0n) is 15.9. The second-order valence-electron chi connectivity index (χ2n) is 6.84. The molecular formula is C20H38O4. The summed E-state index contributed by atoms with van der Waals surface area (Å²) in [6.45, 7) is 3.72. The van der Waals surface area contributed by atoms with Crippen LogP contribution in [0.15, 0.2) is 0 Å². The van der Waals surface area contributed by atoms with Crippen molar-refractivity contribution in [1.29, 1.82) is 0 Å². The summed E-state index contributed by atoms with van der Waals surface area (Å²) in [6, 6.07) is 0. The number of hydrogen-bond donors (Lipinski definition) is 1. The van der Waals surface area contributed by atoms with Crippen molar-refractivity contribution in [2.75, 3.05) is 0 Å². The van der Waals surface area contributed by atoms with Gasteiger partial charge in [0.1, 0.15) is 6.10 Å². The van der Waals surface area contributed by atoms with E-state index in [9.17, 15) is 9.59 Å². The van der Waals surface area contributed by atoms with Crippen LogP contribution in [0.4, 0.5) is 0 Å². The van der Waals surface area contributed by atoms with Gasteiger partial charge in [0, 0.05) is 13.3 Å². The number of carbonyl (C=O) groups excluding carboxylic acids is 1. The molecule has 4 nitrogen and oxygen atoms in total. The van der Waals surface area contributed by atoms with Crippen molar-refractivity contribution in [2.45, 2.75) is 116 Å². The Morgan fingerprint density at radius 2 is 1.25 bits per heavy atom. The van der Waals surface area contributed by atoms with Gasteiger partial charge >= 0.3 is 11.9 Å². The molecule has 1 N–H and O–H groups in total. The second kappa shape index (κ2) is 16.8. The van der Waals surface area contributed by atoms with E-state index in [1.165, 1.54) is 45.4 Å². The van der Waals surface area contributed by atoms with Crippen LogP contribution in [0.3, 0.4) is 0 Å². The Bertz CT molecular complexity index is 315. The number of unbranched alkanes of at least 4 members (excludes halogenated alkanes) is 10. The van der Waals surface area contributed by atoms with E-state index in [-0.39, 0.29) is 18.5 Å². The van der Waals surface area contributed by atoms with Crippen LogP contribution in [0.1, 0.15) is 110 Å². The Morgan fingerprint density at radius 3 is 1.71 bits per heavy atom. The molecule has 0 aromatic heterocycles. The summed E-state index contributed by atoms with van der Waals surface area (Å²) in [5.41, 5.74) is 0. The molecule has 142 valence electrons. The first-order valence-electron chi connectivity index (χ1n) is 9.95. The molecule has 0 aromatic carbocycles. The fourth-order valence-corrected chi connectivity index (χ4v) is 3.00. The molecule has 1 atom stereocenters. The van der Waals surface area contributed by atoms with Crippen molar-refractivity contribution in [2.24, 2.45) is 0 Å². The third-order valence-electron chi connectivity index (χ3n) is 4.38. The average Bonchev–Trinajstić information content (AvgIpc) is 2.52. The van der Waals surface area contributed by atoms with Crippen LogP contribution >= 0.6 is 0 Å². The number of esters is 1. The van der Waals surface area contributed by atoms with Gasteiger partial charge in [0.15, 0.2) is 0 Å². The lowest BCUT2D eigenvalue weighted by atomic mass is 10.0. The van der Waals surface area contributed by atoms with Gasteiger partial charge in [-0.2, -0.15) is 0 Å². The lowest BCUT2D eigenvalue weighted by molar-refractivity contribution is -0.147. The Labute approximate surface area is 148 Å². The molecular weight excluding hydrogens is 304 g/mol. The second-order valence-corrected chi connectivity index (χ2v) is 6.84. The number of aliphatic carboxylic acids is 1. The maximum Gasteiger partial charge on any atom is 0.303 e. The van der Waals surface area contributed by atoms with Crippen molar-refractivity contribution in [1.82, 2.24) is 0 Å². The normalized spacial score (nSPS) is 12.1. The van der Waals surface area contributed by atoms with Crippen LogP contribution in [0.5, 0.6) is 0 Å². The standard InChI is InChI=1S/C20H38O4/c1-3-4-5-6-7-9-12-15-19(24-18(2)21)16-13-10-8-11-14-17-20(22)23/h19H,3-17H2,1-2H3,(H,22,23). The molecule has 0 aromatic rings. The molecule has 0 aliphatic rings. The van der Waals surface area contributed by atoms with E-state index in [1.54, 1.807) is 0 Å². The lowest BCUT2D eigenvalue weighted by Gasteiger charge is -2.17. The van der Waals surface area contributed by atoms with Gasteiger partial charge in [0.05, 0.1) is 0 Å². The van der Waals surface area contributed by atoms with Crippen LogP contribution in [0.25, 0.3) is 0 Å². The predicted octanol–water partition coefficient (Wildman–Crippen LogP) is 5.87. The topological polar surface area (TPSA) is 63.6 Å². The summed E-state index contributed by atoms with van der Waals surface area (Å²) >= 11 is 0. The Balaban J connectivity index is 3.66. The third-order valence-corrected chi connectivity index (χ3v) is 4.38. The van der Waals surface area contributed by atoms with Crippen LogP contribution < -0.4 is 0 Å². The molecule has 1 unspecified atom stereocenters. The highest BCUT2D eigenvalue weighted by Crippen LogP contribution is 2.17. The van der Waals surface area contributed by atoms with E-state index in [0.717, 1.165) is 51.4 Å².